The minimum Gasteiger partial charge on any atom is -0.466 e. The van der Waals surface area contributed by atoms with Gasteiger partial charge in [-0.15, -0.1) is 11.3 Å². The summed E-state index contributed by atoms with van der Waals surface area (Å²) in [7, 11) is 0. The number of hydrogen-bond acceptors (Lipinski definition) is 5. The van der Waals surface area contributed by atoms with Gasteiger partial charge in [-0.3, -0.25) is 14.9 Å². The fourth-order valence-electron chi connectivity index (χ4n) is 2.74. The van der Waals surface area contributed by atoms with Crippen LogP contribution in [0.3, 0.4) is 0 Å². The summed E-state index contributed by atoms with van der Waals surface area (Å²) in [6.45, 7) is 6.08. The smallest absolute Gasteiger partial charge is 0.311 e. The Morgan fingerprint density at radius 2 is 1.82 bits per heavy atom. The highest BCUT2D eigenvalue weighted by Crippen LogP contribution is 2.32. The molecule has 3 aromatic rings. The van der Waals surface area contributed by atoms with Gasteiger partial charge in [-0.05, 0) is 44.0 Å². The number of rotatable bonds is 6. The maximum atomic E-state index is 12.6. The molecule has 0 atom stereocenters. The highest BCUT2D eigenvalue weighted by atomic mass is 32.1. The molecule has 5 nitrogen and oxygen atoms in total. The van der Waals surface area contributed by atoms with Crippen molar-refractivity contribution in [2.75, 3.05) is 11.9 Å². The fraction of sp³-hybridized carbons (Fsp3) is 0.227. The van der Waals surface area contributed by atoms with Crippen molar-refractivity contribution >= 4 is 28.3 Å². The van der Waals surface area contributed by atoms with Gasteiger partial charge in [0.1, 0.15) is 0 Å². The third-order valence-corrected chi connectivity index (χ3v) is 5.32. The van der Waals surface area contributed by atoms with Gasteiger partial charge in [-0.25, -0.2) is 4.98 Å². The van der Waals surface area contributed by atoms with E-state index in [9.17, 15) is 9.59 Å². The number of aryl methyl sites for hydroxylation is 2. The van der Waals surface area contributed by atoms with Crippen LogP contribution in [0.15, 0.2) is 48.5 Å². The van der Waals surface area contributed by atoms with Crippen LogP contribution in [0.2, 0.25) is 0 Å². The van der Waals surface area contributed by atoms with Crippen molar-refractivity contribution < 1.29 is 14.3 Å². The van der Waals surface area contributed by atoms with Crippen LogP contribution in [0, 0.1) is 13.8 Å². The highest BCUT2D eigenvalue weighted by molar-refractivity contribution is 7.16. The molecular weight excluding hydrogens is 372 g/mol. The van der Waals surface area contributed by atoms with Gasteiger partial charge in [0.25, 0.3) is 5.91 Å². The van der Waals surface area contributed by atoms with Crippen molar-refractivity contribution in [3.8, 4) is 11.3 Å². The topological polar surface area (TPSA) is 68.3 Å². The zero-order valence-corrected chi connectivity index (χ0v) is 16.9. The summed E-state index contributed by atoms with van der Waals surface area (Å²) < 4.78 is 5.07. The minimum atomic E-state index is -0.310. The summed E-state index contributed by atoms with van der Waals surface area (Å²) in [5, 5.41) is 3.32. The van der Waals surface area contributed by atoms with Crippen molar-refractivity contribution in [3.05, 3.63) is 70.1 Å². The quantitative estimate of drug-likeness (QED) is 0.611. The summed E-state index contributed by atoms with van der Waals surface area (Å²) in [5.41, 5.74) is 4.35. The molecule has 0 aliphatic heterocycles. The first-order valence-electron chi connectivity index (χ1n) is 9.07. The number of ether oxygens (including phenoxy) is 1. The Morgan fingerprint density at radius 3 is 2.50 bits per heavy atom. The Hall–Kier alpha value is -2.99. The molecule has 6 heteroatoms. The molecule has 0 saturated heterocycles. The van der Waals surface area contributed by atoms with Crippen LogP contribution in [0.5, 0.6) is 0 Å². The number of aromatic nitrogens is 1. The van der Waals surface area contributed by atoms with E-state index in [4.69, 9.17) is 4.74 Å². The minimum absolute atomic E-state index is 0.120. The Kier molecular flexibility index (Phi) is 6.21. The molecule has 0 aliphatic rings. The molecule has 0 unspecified atom stereocenters. The Morgan fingerprint density at radius 1 is 1.07 bits per heavy atom. The Bertz CT molecular complexity index is 996. The van der Waals surface area contributed by atoms with Crippen LogP contribution in [0.25, 0.3) is 11.3 Å². The molecule has 3 rings (SSSR count). The summed E-state index contributed by atoms with van der Waals surface area (Å²) in [5.74, 6) is -0.533. The van der Waals surface area contributed by atoms with Crippen molar-refractivity contribution in [2.24, 2.45) is 0 Å². The third kappa shape index (κ3) is 4.64. The number of nitrogens with zero attached hydrogens (tertiary/aromatic N) is 1. The van der Waals surface area contributed by atoms with Crippen LogP contribution in [-0.4, -0.2) is 23.5 Å². The van der Waals surface area contributed by atoms with Crippen LogP contribution < -0.4 is 5.32 Å². The van der Waals surface area contributed by atoms with Gasteiger partial charge < -0.3 is 4.74 Å². The molecule has 28 heavy (non-hydrogen) atoms. The van der Waals surface area contributed by atoms with E-state index < -0.39 is 0 Å². The second-order valence-electron chi connectivity index (χ2n) is 6.39. The molecule has 0 bridgehead atoms. The summed E-state index contributed by atoms with van der Waals surface area (Å²) in [6, 6.07) is 15.2. The van der Waals surface area contributed by atoms with Crippen LogP contribution >= 0.6 is 11.3 Å². The molecule has 0 saturated carbocycles. The van der Waals surface area contributed by atoms with E-state index in [0.29, 0.717) is 23.0 Å². The number of hydrogen-bond donors (Lipinski definition) is 1. The van der Waals surface area contributed by atoms with Gasteiger partial charge in [0.05, 0.1) is 18.7 Å². The van der Waals surface area contributed by atoms with E-state index in [2.05, 4.69) is 10.3 Å². The maximum absolute atomic E-state index is 12.6. The monoisotopic (exact) mass is 394 g/mol. The SMILES string of the molecule is CCOC(=O)Cc1sc(NC(=O)c2ccc(C)c(C)c2)nc1-c1ccccc1. The largest absolute Gasteiger partial charge is 0.466 e. The number of thiazole rings is 1. The first-order chi connectivity index (χ1) is 13.5. The number of carbonyl (C=O) groups excluding carboxylic acids is 2. The maximum Gasteiger partial charge on any atom is 0.311 e. The molecule has 144 valence electrons. The highest BCUT2D eigenvalue weighted by Gasteiger charge is 2.18. The van der Waals surface area contributed by atoms with E-state index in [1.54, 1.807) is 13.0 Å². The number of benzene rings is 2. The summed E-state index contributed by atoms with van der Waals surface area (Å²) >= 11 is 1.29. The van der Waals surface area contributed by atoms with Crippen molar-refractivity contribution in [3.63, 3.8) is 0 Å². The van der Waals surface area contributed by atoms with Crippen LogP contribution in [-0.2, 0) is 16.0 Å². The van der Waals surface area contributed by atoms with Gasteiger partial charge in [0.2, 0.25) is 0 Å². The first kappa shape index (κ1) is 19.8. The second-order valence-corrected chi connectivity index (χ2v) is 7.48. The number of nitrogens with one attached hydrogen (secondary N) is 1. The molecule has 2 aromatic carbocycles. The Balaban J connectivity index is 1.88. The van der Waals surface area contributed by atoms with Gasteiger partial charge in [-0.2, -0.15) is 0 Å². The van der Waals surface area contributed by atoms with Crippen LogP contribution in [0.4, 0.5) is 5.13 Å². The lowest BCUT2D eigenvalue weighted by molar-refractivity contribution is -0.142. The van der Waals surface area contributed by atoms with E-state index in [0.717, 1.165) is 21.6 Å². The third-order valence-electron chi connectivity index (χ3n) is 4.34. The molecular formula is C22H22N2O3S. The van der Waals surface area contributed by atoms with E-state index in [-0.39, 0.29) is 18.3 Å². The fourth-order valence-corrected chi connectivity index (χ4v) is 3.71. The second kappa shape index (κ2) is 8.80. The molecule has 1 amide bonds. The molecule has 0 radical (unpaired) electrons. The van der Waals surface area contributed by atoms with Crippen molar-refractivity contribution in [2.45, 2.75) is 27.2 Å². The van der Waals surface area contributed by atoms with Gasteiger partial charge in [-0.1, -0.05) is 36.4 Å². The number of esters is 1. The van der Waals surface area contributed by atoms with Crippen molar-refractivity contribution in [1.29, 1.82) is 0 Å². The molecule has 1 aromatic heterocycles. The zero-order chi connectivity index (χ0) is 20.1. The average Bonchev–Trinajstić information content (AvgIpc) is 3.06. The van der Waals surface area contributed by atoms with E-state index in [1.165, 1.54) is 11.3 Å². The predicted molar refractivity (Wildman–Crippen MR) is 112 cm³/mol. The van der Waals surface area contributed by atoms with Crippen LogP contribution in [0.1, 0.15) is 33.3 Å². The van der Waals surface area contributed by atoms with Gasteiger partial charge >= 0.3 is 5.97 Å². The van der Waals surface area contributed by atoms with Gasteiger partial charge in [0, 0.05) is 16.0 Å². The molecule has 0 spiro atoms. The van der Waals surface area contributed by atoms with Crippen molar-refractivity contribution in [1.82, 2.24) is 4.98 Å². The normalized spacial score (nSPS) is 10.5. The number of anilines is 1. The first-order valence-corrected chi connectivity index (χ1v) is 9.89. The molecule has 0 fully saturated rings. The average molecular weight is 394 g/mol. The summed E-state index contributed by atoms with van der Waals surface area (Å²) in [6.07, 6.45) is 0.120. The lowest BCUT2D eigenvalue weighted by Crippen LogP contribution is -2.12. The zero-order valence-electron chi connectivity index (χ0n) is 16.1. The van der Waals surface area contributed by atoms with E-state index in [1.807, 2.05) is 56.3 Å². The number of carbonyl (C=O) groups is 2. The standard InChI is InChI=1S/C22H22N2O3S/c1-4-27-19(25)13-18-20(16-8-6-5-7-9-16)23-22(28-18)24-21(26)17-11-10-14(2)15(3)12-17/h5-12H,4,13H2,1-3H3,(H,23,24,26). The molecule has 1 N–H and O–H groups in total. The van der Waals surface area contributed by atoms with E-state index >= 15 is 0 Å². The number of amides is 1. The predicted octanol–water partition coefficient (Wildman–Crippen LogP) is 4.78. The Labute approximate surface area is 168 Å². The summed E-state index contributed by atoms with van der Waals surface area (Å²) in [4.78, 5) is 30.0. The lowest BCUT2D eigenvalue weighted by Gasteiger charge is -2.05. The van der Waals surface area contributed by atoms with Gasteiger partial charge in [0.15, 0.2) is 5.13 Å². The lowest BCUT2D eigenvalue weighted by atomic mass is 10.1. The molecule has 0 aliphatic carbocycles. The molecule has 1 heterocycles.